The van der Waals surface area contributed by atoms with Crippen LogP contribution in [0.15, 0.2) is 24.5 Å². The second-order valence-electron chi connectivity index (χ2n) is 5.66. The molecule has 2 heterocycles. The lowest BCUT2D eigenvalue weighted by Gasteiger charge is -2.31. The second-order valence-corrected chi connectivity index (χ2v) is 7.89. The summed E-state index contributed by atoms with van der Waals surface area (Å²) in [5.41, 5.74) is 0.806. The smallest absolute Gasteiger partial charge is 0.244 e. The lowest BCUT2D eigenvalue weighted by atomic mass is 10.1. The first-order valence-corrected chi connectivity index (χ1v) is 8.67. The van der Waals surface area contributed by atoms with Gasteiger partial charge in [-0.05, 0) is 32.1 Å². The van der Waals surface area contributed by atoms with E-state index in [0.717, 1.165) is 5.56 Å². The number of hydrogen-bond donors (Lipinski definition) is 0. The van der Waals surface area contributed by atoms with Crippen molar-refractivity contribution >= 4 is 15.7 Å². The van der Waals surface area contributed by atoms with Gasteiger partial charge in [-0.2, -0.15) is 0 Å². The van der Waals surface area contributed by atoms with E-state index < -0.39 is 15.9 Å². The van der Waals surface area contributed by atoms with Crippen LogP contribution in [0.5, 0.6) is 0 Å². The summed E-state index contributed by atoms with van der Waals surface area (Å²) in [7, 11) is 2.33. The summed E-state index contributed by atoms with van der Waals surface area (Å²) >= 11 is 0. The van der Waals surface area contributed by atoms with Crippen LogP contribution in [0.2, 0.25) is 0 Å². The average Bonchev–Trinajstić information content (AvgIpc) is 2.79. The molecular formula is C14H21N3O3S. The van der Waals surface area contributed by atoms with Gasteiger partial charge in [0.2, 0.25) is 5.91 Å². The second kappa shape index (κ2) is 6.11. The zero-order chi connectivity index (χ0) is 15.6. The van der Waals surface area contributed by atoms with Gasteiger partial charge in [-0.25, -0.2) is 8.42 Å². The molecule has 1 fully saturated rings. The number of likely N-dealkylation sites (N-methyl/N-ethyl adjacent to an activating group) is 2. The maximum atomic E-state index is 12.7. The maximum absolute atomic E-state index is 12.7. The monoisotopic (exact) mass is 311 g/mol. The van der Waals surface area contributed by atoms with E-state index in [2.05, 4.69) is 4.98 Å². The van der Waals surface area contributed by atoms with Crippen molar-refractivity contribution in [2.45, 2.75) is 18.5 Å². The first-order chi connectivity index (χ1) is 9.82. The zero-order valence-corrected chi connectivity index (χ0v) is 13.4. The first-order valence-electron chi connectivity index (χ1n) is 6.85. The number of rotatable bonds is 4. The molecule has 2 atom stereocenters. The van der Waals surface area contributed by atoms with Crippen LogP contribution in [0, 0.1) is 0 Å². The fourth-order valence-electron chi connectivity index (χ4n) is 2.65. The van der Waals surface area contributed by atoms with Crippen LogP contribution in [0.3, 0.4) is 0 Å². The molecule has 0 saturated carbocycles. The Labute approximate surface area is 125 Å². The minimum Gasteiger partial charge on any atom is -0.340 e. The van der Waals surface area contributed by atoms with E-state index in [1.165, 1.54) is 0 Å². The number of sulfone groups is 1. The molecule has 2 unspecified atom stereocenters. The molecule has 1 aliphatic heterocycles. The lowest BCUT2D eigenvalue weighted by Crippen LogP contribution is -2.44. The Morgan fingerprint density at radius 2 is 2.10 bits per heavy atom. The molecule has 0 N–H and O–H groups in total. The Bertz CT molecular complexity index is 601. The fraction of sp³-hybridized carbons (Fsp3) is 0.571. The van der Waals surface area contributed by atoms with Crippen LogP contribution in [-0.4, -0.2) is 67.8 Å². The Morgan fingerprint density at radius 1 is 1.38 bits per heavy atom. The molecule has 7 heteroatoms. The first kappa shape index (κ1) is 15.9. The van der Waals surface area contributed by atoms with E-state index >= 15 is 0 Å². The van der Waals surface area contributed by atoms with Crippen LogP contribution >= 0.6 is 0 Å². The molecule has 0 spiro atoms. The van der Waals surface area contributed by atoms with E-state index in [-0.39, 0.29) is 23.5 Å². The number of aromatic nitrogens is 1. The van der Waals surface area contributed by atoms with Crippen molar-refractivity contribution in [3.63, 3.8) is 0 Å². The predicted molar refractivity (Wildman–Crippen MR) is 80.5 cm³/mol. The van der Waals surface area contributed by atoms with Crippen LogP contribution < -0.4 is 0 Å². The fourth-order valence-corrected chi connectivity index (χ4v) is 4.43. The lowest BCUT2D eigenvalue weighted by molar-refractivity contribution is -0.136. The van der Waals surface area contributed by atoms with Crippen molar-refractivity contribution in [1.29, 1.82) is 0 Å². The van der Waals surface area contributed by atoms with Gasteiger partial charge < -0.3 is 4.90 Å². The third-order valence-corrected chi connectivity index (χ3v) is 5.60. The Hall–Kier alpha value is -1.47. The molecule has 1 aliphatic rings. The number of carbonyl (C=O) groups excluding carboxylic acids is 1. The van der Waals surface area contributed by atoms with E-state index in [1.807, 2.05) is 25.1 Å². The normalized spacial score (nSPS) is 22.2. The maximum Gasteiger partial charge on any atom is 0.244 e. The molecule has 1 saturated heterocycles. The molecule has 1 aromatic heterocycles. The Kier molecular flexibility index (Phi) is 4.63. The molecule has 116 valence electrons. The number of hydrogen-bond acceptors (Lipinski definition) is 5. The third-order valence-electron chi connectivity index (χ3n) is 3.85. The van der Waals surface area contributed by atoms with Crippen molar-refractivity contribution in [2.24, 2.45) is 0 Å². The van der Waals surface area contributed by atoms with Gasteiger partial charge in [-0.3, -0.25) is 14.7 Å². The predicted octanol–water partition coefficient (Wildman–Crippen LogP) is 0.330. The van der Waals surface area contributed by atoms with Gasteiger partial charge in [0.1, 0.15) is 6.04 Å². The quantitative estimate of drug-likeness (QED) is 0.801. The van der Waals surface area contributed by atoms with Gasteiger partial charge >= 0.3 is 0 Å². The highest BCUT2D eigenvalue weighted by molar-refractivity contribution is 7.91. The summed E-state index contributed by atoms with van der Waals surface area (Å²) in [4.78, 5) is 20.2. The summed E-state index contributed by atoms with van der Waals surface area (Å²) in [6.07, 6.45) is 3.84. The van der Waals surface area contributed by atoms with Crippen LogP contribution in [-0.2, 0) is 14.6 Å². The molecule has 2 rings (SSSR count). The topological polar surface area (TPSA) is 70.6 Å². The number of pyridine rings is 1. The molecule has 0 aromatic carbocycles. The van der Waals surface area contributed by atoms with Crippen molar-refractivity contribution in [3.05, 3.63) is 30.1 Å². The van der Waals surface area contributed by atoms with Gasteiger partial charge in [0.05, 0.1) is 11.5 Å². The number of carbonyl (C=O) groups is 1. The third kappa shape index (κ3) is 3.59. The standard InChI is InChI=1S/C14H21N3O3S/c1-16(2)13(11-5-4-7-15-9-11)14(18)17(3)12-6-8-21(19,20)10-12/h4-5,7,9,12-13H,6,8,10H2,1-3H3. The molecule has 0 bridgehead atoms. The minimum atomic E-state index is -3.00. The van der Waals surface area contributed by atoms with Gasteiger partial charge in [-0.1, -0.05) is 6.07 Å². The number of nitrogens with zero attached hydrogens (tertiary/aromatic N) is 3. The van der Waals surface area contributed by atoms with Crippen molar-refractivity contribution in [1.82, 2.24) is 14.8 Å². The van der Waals surface area contributed by atoms with Gasteiger partial charge in [0.25, 0.3) is 0 Å². The van der Waals surface area contributed by atoms with E-state index in [1.54, 1.807) is 30.4 Å². The largest absolute Gasteiger partial charge is 0.340 e. The van der Waals surface area contributed by atoms with Crippen LogP contribution in [0.25, 0.3) is 0 Å². The molecule has 0 radical (unpaired) electrons. The SMILES string of the molecule is CN(C)C(C(=O)N(C)C1CCS(=O)(=O)C1)c1cccnc1. The van der Waals surface area contributed by atoms with Crippen molar-refractivity contribution in [2.75, 3.05) is 32.6 Å². The van der Waals surface area contributed by atoms with Crippen molar-refractivity contribution in [3.8, 4) is 0 Å². The highest BCUT2D eigenvalue weighted by Crippen LogP contribution is 2.24. The molecule has 1 aromatic rings. The summed E-state index contributed by atoms with van der Waals surface area (Å²) in [6.45, 7) is 0. The summed E-state index contributed by atoms with van der Waals surface area (Å²) < 4.78 is 23.2. The highest BCUT2D eigenvalue weighted by Gasteiger charge is 2.36. The van der Waals surface area contributed by atoms with Gasteiger partial charge in [-0.15, -0.1) is 0 Å². The Morgan fingerprint density at radius 3 is 2.57 bits per heavy atom. The zero-order valence-electron chi connectivity index (χ0n) is 12.6. The summed E-state index contributed by atoms with van der Waals surface area (Å²) in [6, 6.07) is 2.96. The Balaban J connectivity index is 2.20. The molecular weight excluding hydrogens is 290 g/mol. The molecule has 21 heavy (non-hydrogen) atoms. The van der Waals surface area contributed by atoms with Gasteiger partial charge in [0.15, 0.2) is 9.84 Å². The van der Waals surface area contributed by atoms with Crippen LogP contribution in [0.1, 0.15) is 18.0 Å². The molecule has 6 nitrogen and oxygen atoms in total. The summed E-state index contributed by atoms with van der Waals surface area (Å²) in [5, 5.41) is 0. The van der Waals surface area contributed by atoms with E-state index in [9.17, 15) is 13.2 Å². The van der Waals surface area contributed by atoms with E-state index in [0.29, 0.717) is 6.42 Å². The molecule has 0 aliphatic carbocycles. The van der Waals surface area contributed by atoms with Crippen LogP contribution in [0.4, 0.5) is 0 Å². The highest BCUT2D eigenvalue weighted by atomic mass is 32.2. The summed E-state index contributed by atoms with van der Waals surface area (Å²) in [5.74, 6) is 0.118. The minimum absolute atomic E-state index is 0.0580. The average molecular weight is 311 g/mol. The number of amides is 1. The van der Waals surface area contributed by atoms with Crippen molar-refractivity contribution < 1.29 is 13.2 Å². The van der Waals surface area contributed by atoms with E-state index in [4.69, 9.17) is 0 Å². The molecule has 1 amide bonds. The van der Waals surface area contributed by atoms with Gasteiger partial charge in [0, 0.05) is 25.5 Å².